The molecule has 0 fully saturated rings. The van der Waals surface area contributed by atoms with Crippen LogP contribution >= 0.6 is 0 Å². The summed E-state index contributed by atoms with van der Waals surface area (Å²) < 4.78 is 27.3. The molecule has 0 aliphatic rings. The van der Waals surface area contributed by atoms with E-state index in [0.29, 0.717) is 11.1 Å². The fraction of sp³-hybridized carbons (Fsp3) is 0.364. The average Bonchev–Trinajstić information content (AvgIpc) is 2.61. The van der Waals surface area contributed by atoms with Gasteiger partial charge in [0.25, 0.3) is 5.91 Å². The molecule has 0 saturated heterocycles. The van der Waals surface area contributed by atoms with Crippen LogP contribution in [0.3, 0.4) is 0 Å². The van der Waals surface area contributed by atoms with Crippen LogP contribution in [-0.2, 0) is 0 Å². The molecule has 6 heteroatoms. The second-order valence-corrected chi connectivity index (χ2v) is 7.23. The second kappa shape index (κ2) is 9.97. The number of aromatic carboxylic acids is 1. The number of carbonyl (C=O) groups is 2. The van der Waals surface area contributed by atoms with Gasteiger partial charge >= 0.3 is 5.97 Å². The Morgan fingerprint density at radius 3 is 1.57 bits per heavy atom. The number of hydrogen-bond acceptors (Lipinski definition) is 2. The third kappa shape index (κ3) is 5.62. The number of amides is 1. The van der Waals surface area contributed by atoms with Gasteiger partial charge in [0, 0.05) is 14.1 Å². The summed E-state index contributed by atoms with van der Waals surface area (Å²) in [5.74, 6) is -2.45. The Labute approximate surface area is 164 Å². The number of nitrogens with zero attached hydrogens (tertiary/aromatic N) is 1. The summed E-state index contributed by atoms with van der Waals surface area (Å²) in [4.78, 5) is 23.6. The van der Waals surface area contributed by atoms with E-state index >= 15 is 0 Å². The minimum Gasteiger partial charge on any atom is -0.478 e. The molecule has 0 aliphatic heterocycles. The smallest absolute Gasteiger partial charge is 0.338 e. The summed E-state index contributed by atoms with van der Waals surface area (Å²) in [6.45, 7) is 7.46. The number of carboxylic acids is 1. The van der Waals surface area contributed by atoms with E-state index in [2.05, 4.69) is 0 Å². The van der Waals surface area contributed by atoms with Crippen LogP contribution in [0.25, 0.3) is 0 Å². The number of halogens is 2. The number of hydrogen-bond donors (Lipinski definition) is 1. The van der Waals surface area contributed by atoms with E-state index < -0.39 is 17.6 Å². The fourth-order valence-corrected chi connectivity index (χ4v) is 2.56. The first-order valence-corrected chi connectivity index (χ1v) is 9.00. The summed E-state index contributed by atoms with van der Waals surface area (Å²) in [6, 6.07) is 9.38. The lowest BCUT2D eigenvalue weighted by Crippen LogP contribution is -2.23. The summed E-state index contributed by atoms with van der Waals surface area (Å²) in [5, 5.41) is 8.63. The SMILES string of the molecule is CC(C)c1cccc(C(=O)N(C)C)c1F.CC(C)c1cccc(C(=O)O)c1F. The number of carbonyl (C=O) groups excluding carboxylic acids is 1. The lowest BCUT2D eigenvalue weighted by Gasteiger charge is -2.14. The number of benzene rings is 2. The van der Waals surface area contributed by atoms with Crippen molar-refractivity contribution in [2.75, 3.05) is 14.1 Å². The lowest BCUT2D eigenvalue weighted by molar-refractivity contribution is 0.0691. The van der Waals surface area contributed by atoms with Gasteiger partial charge in [-0.3, -0.25) is 4.79 Å². The average molecular weight is 391 g/mol. The van der Waals surface area contributed by atoms with Crippen LogP contribution in [0.2, 0.25) is 0 Å². The zero-order chi connectivity index (χ0) is 21.6. The van der Waals surface area contributed by atoms with Crippen LogP contribution in [0.15, 0.2) is 36.4 Å². The highest BCUT2D eigenvalue weighted by Crippen LogP contribution is 2.22. The van der Waals surface area contributed by atoms with Gasteiger partial charge in [-0.15, -0.1) is 0 Å². The van der Waals surface area contributed by atoms with Gasteiger partial charge in [-0.05, 0) is 35.1 Å². The van der Waals surface area contributed by atoms with Crippen LogP contribution in [0.5, 0.6) is 0 Å². The topological polar surface area (TPSA) is 57.6 Å². The van der Waals surface area contributed by atoms with E-state index in [1.165, 1.54) is 17.0 Å². The van der Waals surface area contributed by atoms with Crippen LogP contribution in [-0.4, -0.2) is 36.0 Å². The summed E-state index contributed by atoms with van der Waals surface area (Å²) >= 11 is 0. The van der Waals surface area contributed by atoms with Crippen LogP contribution in [0, 0.1) is 11.6 Å². The molecule has 1 amide bonds. The lowest BCUT2D eigenvalue weighted by atomic mass is 9.99. The first-order valence-electron chi connectivity index (χ1n) is 9.00. The molecular weight excluding hydrogens is 364 g/mol. The van der Waals surface area contributed by atoms with Crippen LogP contribution in [0.1, 0.15) is 71.4 Å². The van der Waals surface area contributed by atoms with Gasteiger partial charge < -0.3 is 10.0 Å². The van der Waals surface area contributed by atoms with Gasteiger partial charge in [0.05, 0.1) is 11.1 Å². The summed E-state index contributed by atoms with van der Waals surface area (Å²) in [5.41, 5.74) is 0.917. The standard InChI is InChI=1S/C12H16FNO.C10H11FO2/c1-8(2)9-6-5-7-10(11(9)13)12(15)14(3)4;1-6(2)7-4-3-5-8(9(7)11)10(12)13/h5-8H,1-4H3;3-6H,1-2H3,(H,12,13). The minimum atomic E-state index is -1.22. The largest absolute Gasteiger partial charge is 0.478 e. The Balaban J connectivity index is 0.000000283. The van der Waals surface area contributed by atoms with E-state index in [4.69, 9.17) is 5.11 Å². The Kier molecular flexibility index (Phi) is 8.29. The molecule has 0 aromatic heterocycles. The molecule has 0 aliphatic carbocycles. The predicted molar refractivity (Wildman–Crippen MR) is 106 cm³/mol. The Morgan fingerprint density at radius 1 is 0.821 bits per heavy atom. The number of rotatable bonds is 4. The molecule has 0 saturated carbocycles. The zero-order valence-electron chi connectivity index (χ0n) is 17.1. The Bertz CT molecular complexity index is 846. The maximum Gasteiger partial charge on any atom is 0.338 e. The van der Waals surface area contributed by atoms with Crippen molar-refractivity contribution in [2.45, 2.75) is 39.5 Å². The van der Waals surface area contributed by atoms with Gasteiger partial charge in [0.15, 0.2) is 0 Å². The van der Waals surface area contributed by atoms with Gasteiger partial charge in [0.1, 0.15) is 11.6 Å². The summed E-state index contributed by atoms with van der Waals surface area (Å²) in [6.07, 6.45) is 0. The van der Waals surface area contributed by atoms with E-state index in [1.807, 2.05) is 27.7 Å². The predicted octanol–water partition coefficient (Wildman–Crippen LogP) is 5.30. The van der Waals surface area contributed by atoms with Crippen molar-refractivity contribution in [3.63, 3.8) is 0 Å². The van der Waals surface area contributed by atoms with E-state index in [1.54, 1.807) is 38.4 Å². The van der Waals surface area contributed by atoms with Crippen molar-refractivity contribution in [3.8, 4) is 0 Å². The monoisotopic (exact) mass is 391 g/mol. The molecule has 0 radical (unpaired) electrons. The second-order valence-electron chi connectivity index (χ2n) is 7.23. The molecule has 0 heterocycles. The Morgan fingerprint density at radius 2 is 1.21 bits per heavy atom. The third-order valence-electron chi connectivity index (χ3n) is 4.17. The van der Waals surface area contributed by atoms with E-state index in [-0.39, 0.29) is 28.9 Å². The molecule has 0 spiro atoms. The van der Waals surface area contributed by atoms with Gasteiger partial charge in [-0.25, -0.2) is 13.6 Å². The third-order valence-corrected chi connectivity index (χ3v) is 4.17. The van der Waals surface area contributed by atoms with Crippen LogP contribution in [0.4, 0.5) is 8.78 Å². The quantitative estimate of drug-likeness (QED) is 0.770. The van der Waals surface area contributed by atoms with Crippen molar-refractivity contribution < 1.29 is 23.5 Å². The number of carboxylic acid groups (broad SMARTS) is 1. The normalized spacial score (nSPS) is 10.5. The molecule has 2 rings (SSSR count). The van der Waals surface area contributed by atoms with Crippen molar-refractivity contribution >= 4 is 11.9 Å². The molecule has 0 bridgehead atoms. The van der Waals surface area contributed by atoms with Gasteiger partial charge in [-0.1, -0.05) is 52.0 Å². The molecule has 0 unspecified atom stereocenters. The van der Waals surface area contributed by atoms with E-state index in [0.717, 1.165) is 0 Å². The minimum absolute atomic E-state index is 0.000648. The van der Waals surface area contributed by atoms with Crippen molar-refractivity contribution in [1.82, 2.24) is 4.90 Å². The highest BCUT2D eigenvalue weighted by molar-refractivity contribution is 5.94. The maximum atomic E-state index is 13.9. The molecular formula is C22H27F2NO3. The fourth-order valence-electron chi connectivity index (χ4n) is 2.56. The first kappa shape index (κ1) is 23.3. The van der Waals surface area contributed by atoms with Gasteiger partial charge in [0.2, 0.25) is 0 Å². The Hall–Kier alpha value is -2.76. The molecule has 28 heavy (non-hydrogen) atoms. The van der Waals surface area contributed by atoms with Crippen molar-refractivity contribution in [2.24, 2.45) is 0 Å². The highest BCUT2D eigenvalue weighted by Gasteiger charge is 2.17. The maximum absolute atomic E-state index is 13.9. The molecule has 2 aromatic rings. The first-order chi connectivity index (χ1) is 13.0. The molecule has 2 aromatic carbocycles. The van der Waals surface area contributed by atoms with Crippen molar-refractivity contribution in [1.29, 1.82) is 0 Å². The van der Waals surface area contributed by atoms with E-state index in [9.17, 15) is 18.4 Å². The van der Waals surface area contributed by atoms with Gasteiger partial charge in [-0.2, -0.15) is 0 Å². The van der Waals surface area contributed by atoms with Crippen molar-refractivity contribution in [3.05, 3.63) is 70.3 Å². The van der Waals surface area contributed by atoms with Crippen LogP contribution < -0.4 is 0 Å². The molecule has 1 N–H and O–H groups in total. The zero-order valence-corrected chi connectivity index (χ0v) is 17.1. The molecule has 4 nitrogen and oxygen atoms in total. The molecule has 152 valence electrons. The summed E-state index contributed by atoms with van der Waals surface area (Å²) in [7, 11) is 3.23. The molecule has 0 atom stereocenters. The highest BCUT2D eigenvalue weighted by atomic mass is 19.1.